The first kappa shape index (κ1) is 26.5. The number of hydrogen-bond acceptors (Lipinski definition) is 7. The molecule has 0 aromatic heterocycles. The fourth-order valence-corrected chi connectivity index (χ4v) is 3.71. The molecule has 1 heterocycles. The fourth-order valence-electron chi connectivity index (χ4n) is 2.79. The van der Waals surface area contributed by atoms with Crippen LogP contribution in [0.15, 0.2) is 0 Å². The molecule has 150 valence electrons. The molecule has 10 heteroatoms. The van der Waals surface area contributed by atoms with Crippen LogP contribution in [-0.4, -0.2) is 82.6 Å². The van der Waals surface area contributed by atoms with Crippen molar-refractivity contribution in [2.24, 2.45) is 0 Å². The van der Waals surface area contributed by atoms with E-state index in [4.69, 9.17) is 4.74 Å². The number of aliphatic carboxylic acids is 1. The number of carbonyl (C=O) groups excluding carboxylic acids is 3. The molecule has 0 bridgehead atoms. The summed E-state index contributed by atoms with van der Waals surface area (Å²) >= 11 is 3.09. The van der Waals surface area contributed by atoms with Crippen LogP contribution in [0, 0.1) is 0 Å². The molecule has 2 amide bonds. The van der Waals surface area contributed by atoms with Gasteiger partial charge in [0.2, 0.25) is 5.91 Å². The summed E-state index contributed by atoms with van der Waals surface area (Å²) in [4.78, 5) is 39.8. The first-order valence-corrected chi connectivity index (χ1v) is 11.4. The summed E-state index contributed by atoms with van der Waals surface area (Å²) in [5, 5.41) is 11.6. The summed E-state index contributed by atoms with van der Waals surface area (Å²) in [6.45, 7) is 5.74. The fraction of sp³-hybridized carbons (Fsp3) is 0.824. The zero-order valence-electron chi connectivity index (χ0n) is 17.1. The Labute approximate surface area is 182 Å². The van der Waals surface area contributed by atoms with Crippen molar-refractivity contribution in [2.45, 2.75) is 51.3 Å². The average molecular weight is 413 g/mol. The molecule has 0 aromatic carbocycles. The molecule has 1 saturated heterocycles. The maximum atomic E-state index is 13.0. The normalized spacial score (nSPS) is 18.7. The number of rotatable bonds is 8. The van der Waals surface area contributed by atoms with Crippen molar-refractivity contribution in [1.29, 1.82) is 0 Å². The van der Waals surface area contributed by atoms with Crippen LogP contribution in [0.2, 0.25) is 0 Å². The zero-order valence-corrected chi connectivity index (χ0v) is 18.8. The van der Waals surface area contributed by atoms with Crippen LogP contribution in [0.5, 0.6) is 0 Å². The van der Waals surface area contributed by atoms with Gasteiger partial charge in [-0.05, 0) is 57.6 Å². The number of carboxylic acids is 1. The van der Waals surface area contributed by atoms with Crippen LogP contribution in [0.3, 0.4) is 0 Å². The maximum Gasteiger partial charge on any atom is 1.00 e. The van der Waals surface area contributed by atoms with Crippen molar-refractivity contribution in [3.8, 4) is 0 Å². The number of carbonyl (C=O) groups is 3. The molecule has 0 aliphatic carbocycles. The van der Waals surface area contributed by atoms with Gasteiger partial charge in [-0.1, -0.05) is 0 Å². The molecule has 0 N–H and O–H groups in total. The molecule has 27 heavy (non-hydrogen) atoms. The number of thioether (sulfide) groups is 2. The number of hydrogen-bond donors (Lipinski definition) is 0. The first-order chi connectivity index (χ1) is 12.1. The van der Waals surface area contributed by atoms with Gasteiger partial charge in [0.05, 0.1) is 12.0 Å². The Hall–Kier alpha value is -0.493. The van der Waals surface area contributed by atoms with Gasteiger partial charge in [-0.3, -0.25) is 9.69 Å². The van der Waals surface area contributed by atoms with Crippen molar-refractivity contribution in [1.82, 2.24) is 9.80 Å². The Bertz CT molecular complexity index is 516. The van der Waals surface area contributed by atoms with E-state index in [1.807, 2.05) is 12.5 Å². The Morgan fingerprint density at radius 1 is 1.22 bits per heavy atom. The second-order valence-corrected chi connectivity index (χ2v) is 9.09. The molecule has 0 radical (unpaired) electrons. The van der Waals surface area contributed by atoms with E-state index < -0.39 is 29.7 Å². The van der Waals surface area contributed by atoms with Gasteiger partial charge in [-0.25, -0.2) is 4.79 Å². The van der Waals surface area contributed by atoms with Crippen LogP contribution < -0.4 is 24.0 Å². The SMILES string of the molecule is CSCC[C@H]1C(=O)N([C@@H](CCSC)C(=O)[O-])CCN1C(=O)OC(C)(C)C.[Li+]. The third-order valence-electron chi connectivity index (χ3n) is 3.99. The number of amides is 2. The molecule has 2 atom stereocenters. The van der Waals surface area contributed by atoms with Crippen LogP contribution in [-0.2, 0) is 14.3 Å². The van der Waals surface area contributed by atoms with Crippen molar-refractivity contribution in [3.63, 3.8) is 0 Å². The third-order valence-corrected chi connectivity index (χ3v) is 5.28. The van der Waals surface area contributed by atoms with E-state index in [0.29, 0.717) is 24.3 Å². The Kier molecular flexibility index (Phi) is 11.9. The van der Waals surface area contributed by atoms with E-state index in [9.17, 15) is 19.5 Å². The largest absolute Gasteiger partial charge is 1.00 e. The summed E-state index contributed by atoms with van der Waals surface area (Å²) < 4.78 is 5.42. The monoisotopic (exact) mass is 412 g/mol. The van der Waals surface area contributed by atoms with Crippen LogP contribution in [0.4, 0.5) is 4.79 Å². The smallest absolute Gasteiger partial charge is 0.548 e. The zero-order chi connectivity index (χ0) is 19.9. The minimum Gasteiger partial charge on any atom is -0.548 e. The predicted octanol–water partition coefficient (Wildman–Crippen LogP) is -1.94. The van der Waals surface area contributed by atoms with Crippen molar-refractivity contribution in [3.05, 3.63) is 0 Å². The van der Waals surface area contributed by atoms with E-state index in [1.54, 1.807) is 32.5 Å². The predicted molar refractivity (Wildman–Crippen MR) is 103 cm³/mol. The molecule has 1 rings (SSSR count). The van der Waals surface area contributed by atoms with Crippen molar-refractivity contribution in [2.75, 3.05) is 37.1 Å². The summed E-state index contributed by atoms with van der Waals surface area (Å²) in [5.74, 6) is -0.286. The molecule has 0 spiro atoms. The molecule has 0 saturated carbocycles. The summed E-state index contributed by atoms with van der Waals surface area (Å²) in [7, 11) is 0. The Morgan fingerprint density at radius 2 is 1.81 bits per heavy atom. The summed E-state index contributed by atoms with van der Waals surface area (Å²) in [5.41, 5.74) is -0.660. The van der Waals surface area contributed by atoms with Gasteiger partial charge in [-0.15, -0.1) is 0 Å². The van der Waals surface area contributed by atoms with Crippen LogP contribution >= 0.6 is 23.5 Å². The second kappa shape index (κ2) is 12.2. The van der Waals surface area contributed by atoms with E-state index in [0.717, 1.165) is 0 Å². The third kappa shape index (κ3) is 8.18. The van der Waals surface area contributed by atoms with Gasteiger partial charge in [-0.2, -0.15) is 23.5 Å². The Morgan fingerprint density at radius 3 is 2.30 bits per heavy atom. The van der Waals surface area contributed by atoms with Crippen LogP contribution in [0.1, 0.15) is 33.6 Å². The second-order valence-electron chi connectivity index (χ2n) is 7.12. The van der Waals surface area contributed by atoms with Crippen molar-refractivity contribution < 1.29 is 43.1 Å². The Balaban J connectivity index is 0.00000676. The van der Waals surface area contributed by atoms with Gasteiger partial charge >= 0.3 is 25.0 Å². The molecular formula is C17H29LiN2O5S2. The topological polar surface area (TPSA) is 90.0 Å². The molecule has 1 aliphatic heterocycles. The summed E-state index contributed by atoms with van der Waals surface area (Å²) in [6, 6.07) is -1.67. The maximum absolute atomic E-state index is 13.0. The molecular weight excluding hydrogens is 383 g/mol. The minimum absolute atomic E-state index is 0. The number of carboxylic acid groups (broad SMARTS) is 1. The van der Waals surface area contributed by atoms with E-state index >= 15 is 0 Å². The van der Waals surface area contributed by atoms with Crippen LogP contribution in [0.25, 0.3) is 0 Å². The van der Waals surface area contributed by atoms with Gasteiger partial charge < -0.3 is 19.5 Å². The van der Waals surface area contributed by atoms with Gasteiger partial charge in [0, 0.05) is 13.1 Å². The quantitative estimate of drug-likeness (QED) is 0.429. The van der Waals surface area contributed by atoms with E-state index in [2.05, 4.69) is 0 Å². The van der Waals surface area contributed by atoms with Crippen molar-refractivity contribution >= 4 is 41.5 Å². The number of nitrogens with zero attached hydrogens (tertiary/aromatic N) is 2. The summed E-state index contributed by atoms with van der Waals surface area (Å²) in [6.07, 6.45) is 4.06. The number of piperazine rings is 1. The first-order valence-electron chi connectivity index (χ1n) is 8.61. The van der Waals surface area contributed by atoms with Gasteiger partial charge in [0.1, 0.15) is 11.6 Å². The van der Waals surface area contributed by atoms with E-state index in [1.165, 1.54) is 21.6 Å². The molecule has 0 unspecified atom stereocenters. The molecule has 1 aliphatic rings. The van der Waals surface area contributed by atoms with E-state index in [-0.39, 0.29) is 37.9 Å². The minimum atomic E-state index is -1.25. The number of ether oxygens (including phenoxy) is 1. The molecule has 7 nitrogen and oxygen atoms in total. The van der Waals surface area contributed by atoms with Gasteiger partial charge in [0.25, 0.3) is 0 Å². The molecule has 1 fully saturated rings. The standard InChI is InChI=1S/C17H30N2O5S2.Li/c1-17(2,3)24-16(23)19-9-8-18(13(15(21)22)7-11-26-5)14(20)12(19)6-10-25-4;/h12-13H,6-11H2,1-5H3,(H,21,22);/q;+1/p-1/t12-,13-;/m0./s1. The molecule has 0 aromatic rings. The van der Waals surface area contributed by atoms with Gasteiger partial charge in [0.15, 0.2) is 0 Å². The average Bonchev–Trinajstić information content (AvgIpc) is 2.53.